The molecule has 0 aromatic heterocycles. The van der Waals surface area contributed by atoms with Gasteiger partial charge in [-0.3, -0.25) is 14.4 Å². The molecule has 0 aliphatic carbocycles. The second-order valence-corrected chi connectivity index (χ2v) is 7.25. The quantitative estimate of drug-likeness (QED) is 0.765. The monoisotopic (exact) mass is 394 g/mol. The Balaban J connectivity index is 1.52. The van der Waals surface area contributed by atoms with Gasteiger partial charge in [0.2, 0.25) is 5.91 Å². The van der Waals surface area contributed by atoms with E-state index in [9.17, 15) is 14.4 Å². The van der Waals surface area contributed by atoms with Gasteiger partial charge < -0.3 is 15.0 Å². The Morgan fingerprint density at radius 3 is 2.17 bits per heavy atom. The number of likely N-dealkylation sites (tertiary alicyclic amines) is 1. The average Bonchev–Trinajstić information content (AvgIpc) is 2.78. The summed E-state index contributed by atoms with van der Waals surface area (Å²) in [5.41, 5.74) is 1.19. The van der Waals surface area contributed by atoms with E-state index in [1.54, 1.807) is 67.5 Å². The van der Waals surface area contributed by atoms with Gasteiger partial charge in [-0.05, 0) is 56.2 Å². The van der Waals surface area contributed by atoms with Gasteiger partial charge in [-0.2, -0.15) is 0 Å². The van der Waals surface area contributed by atoms with Crippen molar-refractivity contribution in [3.8, 4) is 5.75 Å². The summed E-state index contributed by atoms with van der Waals surface area (Å²) in [6.07, 6.45) is 1.24. The Hall–Kier alpha value is -3.15. The fourth-order valence-corrected chi connectivity index (χ4v) is 3.56. The van der Waals surface area contributed by atoms with Crippen molar-refractivity contribution >= 4 is 17.6 Å². The van der Waals surface area contributed by atoms with Crippen LogP contribution in [0.3, 0.4) is 0 Å². The molecule has 0 saturated carbocycles. The maximum atomic E-state index is 12.7. The number of benzene rings is 2. The third-order valence-electron chi connectivity index (χ3n) is 5.31. The van der Waals surface area contributed by atoms with Gasteiger partial charge in [0.1, 0.15) is 11.8 Å². The number of hydrogen-bond donors (Lipinski definition) is 1. The second-order valence-electron chi connectivity index (χ2n) is 7.25. The number of ketones is 1. The lowest BCUT2D eigenvalue weighted by Crippen LogP contribution is -2.49. The van der Waals surface area contributed by atoms with Crippen molar-refractivity contribution in [3.05, 3.63) is 65.7 Å². The predicted molar refractivity (Wildman–Crippen MR) is 110 cm³/mol. The number of Topliss-reactive ketones (excluding diaryl/α,β-unsaturated/α-hetero) is 1. The first kappa shape index (κ1) is 20.6. The lowest BCUT2D eigenvalue weighted by molar-refractivity contribution is -0.134. The highest BCUT2D eigenvalue weighted by Crippen LogP contribution is 2.23. The first-order chi connectivity index (χ1) is 14.0. The number of nitrogens with one attached hydrogen (secondary N) is 1. The zero-order valence-corrected chi connectivity index (χ0v) is 16.8. The Labute approximate surface area is 170 Å². The van der Waals surface area contributed by atoms with Gasteiger partial charge in [0, 0.05) is 30.1 Å². The molecule has 1 aliphatic rings. The van der Waals surface area contributed by atoms with Crippen molar-refractivity contribution < 1.29 is 19.1 Å². The summed E-state index contributed by atoms with van der Waals surface area (Å²) >= 11 is 0. The topological polar surface area (TPSA) is 75.7 Å². The molecule has 0 radical (unpaired) electrons. The van der Waals surface area contributed by atoms with Crippen LogP contribution in [0.2, 0.25) is 0 Å². The Bertz CT molecular complexity index is 856. The lowest BCUT2D eigenvalue weighted by Gasteiger charge is -2.33. The van der Waals surface area contributed by atoms with Crippen LogP contribution in [0.1, 0.15) is 40.5 Å². The van der Waals surface area contributed by atoms with E-state index < -0.39 is 6.04 Å². The normalized spacial score (nSPS) is 15.4. The van der Waals surface area contributed by atoms with Crippen LogP contribution in [0.5, 0.6) is 5.75 Å². The molecule has 0 unspecified atom stereocenters. The molecular formula is C23H26N2O4. The molecule has 1 saturated heterocycles. The van der Waals surface area contributed by atoms with E-state index in [0.717, 1.165) is 0 Å². The molecule has 0 spiro atoms. The summed E-state index contributed by atoms with van der Waals surface area (Å²) < 4.78 is 5.13. The summed E-state index contributed by atoms with van der Waals surface area (Å²) in [5.74, 6) is 0.334. The SMILES string of the molecule is COc1ccc(C(=O)C2CCN(C(=O)[C@H](C)NC(=O)c3ccccc3)CC2)cc1. The summed E-state index contributed by atoms with van der Waals surface area (Å²) in [4.78, 5) is 39.4. The smallest absolute Gasteiger partial charge is 0.251 e. The highest BCUT2D eigenvalue weighted by atomic mass is 16.5. The molecule has 2 aromatic carbocycles. The number of hydrogen-bond acceptors (Lipinski definition) is 4. The van der Waals surface area contributed by atoms with Gasteiger partial charge >= 0.3 is 0 Å². The number of ether oxygens (including phenoxy) is 1. The van der Waals surface area contributed by atoms with E-state index in [2.05, 4.69) is 5.32 Å². The maximum absolute atomic E-state index is 12.7. The third kappa shape index (κ3) is 5.02. The van der Waals surface area contributed by atoms with Crippen LogP contribution in [0.15, 0.2) is 54.6 Å². The maximum Gasteiger partial charge on any atom is 0.251 e. The Morgan fingerprint density at radius 2 is 1.59 bits per heavy atom. The average molecular weight is 394 g/mol. The van der Waals surface area contributed by atoms with Crippen LogP contribution in [-0.4, -0.2) is 48.7 Å². The fraction of sp³-hybridized carbons (Fsp3) is 0.348. The van der Waals surface area contributed by atoms with E-state index >= 15 is 0 Å². The number of carbonyl (C=O) groups is 3. The number of nitrogens with zero attached hydrogens (tertiary/aromatic N) is 1. The molecule has 0 bridgehead atoms. The molecule has 1 aliphatic heterocycles. The lowest BCUT2D eigenvalue weighted by atomic mass is 9.88. The van der Waals surface area contributed by atoms with Crippen molar-refractivity contribution in [2.24, 2.45) is 5.92 Å². The number of amides is 2. The van der Waals surface area contributed by atoms with Crippen molar-refractivity contribution in [1.82, 2.24) is 10.2 Å². The molecule has 152 valence electrons. The molecule has 1 heterocycles. The van der Waals surface area contributed by atoms with E-state index in [-0.39, 0.29) is 23.5 Å². The first-order valence-electron chi connectivity index (χ1n) is 9.82. The van der Waals surface area contributed by atoms with Crippen molar-refractivity contribution in [1.29, 1.82) is 0 Å². The Morgan fingerprint density at radius 1 is 0.966 bits per heavy atom. The van der Waals surface area contributed by atoms with Crippen LogP contribution in [0.25, 0.3) is 0 Å². The van der Waals surface area contributed by atoms with Crippen LogP contribution in [0.4, 0.5) is 0 Å². The summed E-state index contributed by atoms with van der Waals surface area (Å²) in [5, 5.41) is 2.75. The van der Waals surface area contributed by atoms with Crippen molar-refractivity contribution in [2.75, 3.05) is 20.2 Å². The summed E-state index contributed by atoms with van der Waals surface area (Å²) in [7, 11) is 1.59. The number of carbonyl (C=O) groups excluding carboxylic acids is 3. The molecule has 29 heavy (non-hydrogen) atoms. The number of methoxy groups -OCH3 is 1. The fourth-order valence-electron chi connectivity index (χ4n) is 3.56. The van der Waals surface area contributed by atoms with E-state index in [0.29, 0.717) is 42.8 Å². The third-order valence-corrected chi connectivity index (χ3v) is 5.31. The number of rotatable bonds is 6. The molecular weight excluding hydrogens is 368 g/mol. The van der Waals surface area contributed by atoms with Gasteiger partial charge in [-0.15, -0.1) is 0 Å². The van der Waals surface area contributed by atoms with E-state index in [1.165, 1.54) is 0 Å². The van der Waals surface area contributed by atoms with Crippen LogP contribution in [0, 0.1) is 5.92 Å². The first-order valence-corrected chi connectivity index (χ1v) is 9.82. The van der Waals surface area contributed by atoms with Crippen LogP contribution in [-0.2, 0) is 4.79 Å². The molecule has 2 amide bonds. The van der Waals surface area contributed by atoms with Gasteiger partial charge in [-0.25, -0.2) is 0 Å². The molecule has 2 aromatic rings. The zero-order chi connectivity index (χ0) is 20.8. The molecule has 6 heteroatoms. The minimum Gasteiger partial charge on any atom is -0.497 e. The van der Waals surface area contributed by atoms with Crippen molar-refractivity contribution in [2.45, 2.75) is 25.8 Å². The second kappa shape index (κ2) is 9.37. The van der Waals surface area contributed by atoms with E-state index in [4.69, 9.17) is 4.74 Å². The highest BCUT2D eigenvalue weighted by Gasteiger charge is 2.30. The highest BCUT2D eigenvalue weighted by molar-refractivity contribution is 5.99. The predicted octanol–water partition coefficient (Wildman–Crippen LogP) is 2.94. The summed E-state index contributed by atoms with van der Waals surface area (Å²) in [6, 6.07) is 15.3. The zero-order valence-electron chi connectivity index (χ0n) is 16.8. The van der Waals surface area contributed by atoms with Crippen molar-refractivity contribution in [3.63, 3.8) is 0 Å². The summed E-state index contributed by atoms with van der Waals surface area (Å²) in [6.45, 7) is 2.71. The standard InChI is InChI=1S/C23H26N2O4/c1-16(24-22(27)19-6-4-3-5-7-19)23(28)25-14-12-18(13-15-25)21(26)17-8-10-20(29-2)11-9-17/h3-11,16,18H,12-15H2,1-2H3,(H,24,27)/t16-/m0/s1. The minimum atomic E-state index is -0.614. The molecule has 1 atom stereocenters. The van der Waals surface area contributed by atoms with E-state index in [1.807, 2.05) is 6.07 Å². The molecule has 1 N–H and O–H groups in total. The molecule has 3 rings (SSSR count). The van der Waals surface area contributed by atoms with Crippen LogP contribution >= 0.6 is 0 Å². The molecule has 1 fully saturated rings. The van der Waals surface area contributed by atoms with Crippen LogP contribution < -0.4 is 10.1 Å². The van der Waals surface area contributed by atoms with Gasteiger partial charge in [0.25, 0.3) is 5.91 Å². The Kier molecular flexibility index (Phi) is 6.65. The van der Waals surface area contributed by atoms with Gasteiger partial charge in [0.15, 0.2) is 5.78 Å². The minimum absolute atomic E-state index is 0.0957. The largest absolute Gasteiger partial charge is 0.497 e. The number of piperidine rings is 1. The van der Waals surface area contributed by atoms with Gasteiger partial charge in [-0.1, -0.05) is 18.2 Å². The molecule has 6 nitrogen and oxygen atoms in total. The van der Waals surface area contributed by atoms with Gasteiger partial charge in [0.05, 0.1) is 7.11 Å².